The van der Waals surface area contributed by atoms with Gasteiger partial charge < -0.3 is 4.90 Å². The lowest BCUT2D eigenvalue weighted by Crippen LogP contribution is -2.34. The molecule has 2 atom stereocenters. The largest absolute Gasteiger partial charge is 0.459 e. The van der Waals surface area contributed by atoms with Gasteiger partial charge in [-0.1, -0.05) is 12.8 Å². The minimum atomic E-state index is 1.01. The maximum atomic E-state index is 3.99. The Morgan fingerprint density at radius 3 is 2.80 bits per heavy atom. The van der Waals surface area contributed by atoms with E-state index >= 15 is 0 Å². The van der Waals surface area contributed by atoms with Crippen LogP contribution in [-0.2, 0) is 0 Å². The molecule has 2 aliphatic rings. The van der Waals surface area contributed by atoms with Crippen LogP contribution in [0.2, 0.25) is 0 Å². The van der Waals surface area contributed by atoms with Crippen molar-refractivity contribution in [3.8, 4) is 0 Å². The summed E-state index contributed by atoms with van der Waals surface area (Å²) >= 11 is 0. The van der Waals surface area contributed by atoms with Crippen molar-refractivity contribution in [1.29, 1.82) is 0 Å². The summed E-state index contributed by atoms with van der Waals surface area (Å²) in [7, 11) is 3.99. The standard InChI is InChI=1S/C9H16N/c1-10-6-5-8-3-2-4-9(8)7-10/h8-9H,1-7H2/q-1. The van der Waals surface area contributed by atoms with Crippen LogP contribution in [0.5, 0.6) is 0 Å². The second kappa shape index (κ2) is 2.54. The zero-order chi connectivity index (χ0) is 6.97. The van der Waals surface area contributed by atoms with Gasteiger partial charge in [0, 0.05) is 0 Å². The van der Waals surface area contributed by atoms with Gasteiger partial charge in [-0.05, 0) is 37.8 Å². The van der Waals surface area contributed by atoms with E-state index in [2.05, 4.69) is 11.9 Å². The van der Waals surface area contributed by atoms with Crippen molar-refractivity contribution < 1.29 is 0 Å². The van der Waals surface area contributed by atoms with Crippen LogP contribution in [0.1, 0.15) is 25.7 Å². The third-order valence-corrected chi connectivity index (χ3v) is 3.13. The maximum absolute atomic E-state index is 3.99. The topological polar surface area (TPSA) is 3.24 Å². The van der Waals surface area contributed by atoms with E-state index in [-0.39, 0.29) is 0 Å². The van der Waals surface area contributed by atoms with Gasteiger partial charge in [0.1, 0.15) is 0 Å². The van der Waals surface area contributed by atoms with Gasteiger partial charge in [-0.15, -0.1) is 0 Å². The van der Waals surface area contributed by atoms with Gasteiger partial charge in [-0.2, -0.15) is 0 Å². The van der Waals surface area contributed by atoms with E-state index < -0.39 is 0 Å². The van der Waals surface area contributed by atoms with Gasteiger partial charge in [-0.25, -0.2) is 0 Å². The van der Waals surface area contributed by atoms with Crippen LogP contribution in [-0.4, -0.2) is 18.0 Å². The Kier molecular flexibility index (Phi) is 1.69. The van der Waals surface area contributed by atoms with Crippen molar-refractivity contribution >= 4 is 0 Å². The molecule has 0 aromatic carbocycles. The van der Waals surface area contributed by atoms with E-state index in [9.17, 15) is 0 Å². The highest BCUT2D eigenvalue weighted by atomic mass is 15.1. The molecule has 0 radical (unpaired) electrons. The molecule has 0 aromatic heterocycles. The van der Waals surface area contributed by atoms with Gasteiger partial charge in [0.25, 0.3) is 0 Å². The number of hydrogen-bond donors (Lipinski definition) is 0. The average Bonchev–Trinajstić information content (AvgIpc) is 2.33. The Hall–Kier alpha value is -0.0400. The highest BCUT2D eigenvalue weighted by Gasteiger charge is 2.29. The quantitative estimate of drug-likeness (QED) is 0.462. The van der Waals surface area contributed by atoms with E-state index in [4.69, 9.17) is 0 Å². The molecule has 58 valence electrons. The molecular weight excluding hydrogens is 122 g/mol. The number of nitrogens with zero attached hydrogens (tertiary/aromatic N) is 1. The SMILES string of the molecule is [CH2-]N1CCC2CCCC2C1. The van der Waals surface area contributed by atoms with Crippen LogP contribution in [0.25, 0.3) is 0 Å². The van der Waals surface area contributed by atoms with Crippen LogP contribution in [0.4, 0.5) is 0 Å². The highest BCUT2D eigenvalue weighted by Crippen LogP contribution is 2.37. The molecule has 1 heterocycles. The fraction of sp³-hybridized carbons (Fsp3) is 0.889. The monoisotopic (exact) mass is 138 g/mol. The minimum Gasteiger partial charge on any atom is -0.459 e. The second-order valence-corrected chi connectivity index (χ2v) is 3.82. The first-order valence-electron chi connectivity index (χ1n) is 4.42. The van der Waals surface area contributed by atoms with E-state index in [1.807, 2.05) is 0 Å². The molecule has 1 aliphatic heterocycles. The molecule has 2 fully saturated rings. The van der Waals surface area contributed by atoms with Crippen molar-refractivity contribution in [1.82, 2.24) is 4.90 Å². The minimum absolute atomic E-state index is 1.01. The van der Waals surface area contributed by atoms with Gasteiger partial charge in [0.05, 0.1) is 0 Å². The first-order chi connectivity index (χ1) is 4.86. The highest BCUT2D eigenvalue weighted by molar-refractivity contribution is 4.84. The van der Waals surface area contributed by atoms with Crippen LogP contribution in [0.3, 0.4) is 0 Å². The summed E-state index contributed by atoms with van der Waals surface area (Å²) in [6.45, 7) is 2.51. The van der Waals surface area contributed by atoms with Crippen LogP contribution < -0.4 is 0 Å². The summed E-state index contributed by atoms with van der Waals surface area (Å²) in [6, 6.07) is 0. The zero-order valence-corrected chi connectivity index (χ0v) is 6.55. The molecule has 1 nitrogen and oxygen atoms in total. The van der Waals surface area contributed by atoms with Gasteiger partial charge in [0.2, 0.25) is 0 Å². The molecule has 0 N–H and O–H groups in total. The number of fused-ring (bicyclic) bond motifs is 1. The van der Waals surface area contributed by atoms with E-state index in [1.54, 1.807) is 0 Å². The molecule has 0 aromatic rings. The zero-order valence-electron chi connectivity index (χ0n) is 6.55. The normalized spacial score (nSPS) is 41.7. The molecule has 0 amide bonds. The Labute approximate surface area is 63.4 Å². The van der Waals surface area contributed by atoms with Gasteiger partial charge >= 0.3 is 0 Å². The van der Waals surface area contributed by atoms with E-state index in [0.717, 1.165) is 11.8 Å². The van der Waals surface area contributed by atoms with Crippen LogP contribution in [0.15, 0.2) is 0 Å². The lowest BCUT2D eigenvalue weighted by molar-refractivity contribution is 0.183. The summed E-state index contributed by atoms with van der Waals surface area (Å²) in [5, 5.41) is 0. The number of hydrogen-bond acceptors (Lipinski definition) is 1. The molecule has 1 saturated heterocycles. The van der Waals surface area contributed by atoms with Crippen molar-refractivity contribution in [2.75, 3.05) is 13.1 Å². The molecule has 2 rings (SSSR count). The van der Waals surface area contributed by atoms with Crippen molar-refractivity contribution in [3.63, 3.8) is 0 Å². The van der Waals surface area contributed by atoms with E-state index in [0.29, 0.717) is 0 Å². The molecular formula is C9H16N-. The average molecular weight is 138 g/mol. The Morgan fingerprint density at radius 2 is 1.90 bits per heavy atom. The van der Waals surface area contributed by atoms with Crippen molar-refractivity contribution in [2.45, 2.75) is 25.7 Å². The summed E-state index contributed by atoms with van der Waals surface area (Å²) < 4.78 is 0. The fourth-order valence-corrected chi connectivity index (χ4v) is 2.51. The fourth-order valence-electron chi connectivity index (χ4n) is 2.51. The van der Waals surface area contributed by atoms with E-state index in [1.165, 1.54) is 38.8 Å². The summed E-state index contributed by atoms with van der Waals surface area (Å²) in [4.78, 5) is 2.24. The van der Waals surface area contributed by atoms with Crippen LogP contribution in [0, 0.1) is 18.9 Å². The summed E-state index contributed by atoms with van der Waals surface area (Å²) in [5.74, 6) is 2.07. The Balaban J connectivity index is 1.96. The predicted molar refractivity (Wildman–Crippen MR) is 42.4 cm³/mol. The molecule has 1 aliphatic carbocycles. The van der Waals surface area contributed by atoms with Gasteiger partial charge in [-0.3, -0.25) is 7.05 Å². The Morgan fingerprint density at radius 1 is 1.10 bits per heavy atom. The lowest BCUT2D eigenvalue weighted by Gasteiger charge is -2.37. The number of piperidine rings is 1. The Bertz CT molecular complexity index is 122. The van der Waals surface area contributed by atoms with Gasteiger partial charge in [0.15, 0.2) is 0 Å². The van der Waals surface area contributed by atoms with Crippen molar-refractivity contribution in [2.24, 2.45) is 11.8 Å². The molecule has 2 unspecified atom stereocenters. The molecule has 1 saturated carbocycles. The number of rotatable bonds is 0. The number of likely N-dealkylation sites (tertiary alicyclic amines) is 1. The lowest BCUT2D eigenvalue weighted by atomic mass is 9.89. The molecule has 0 bridgehead atoms. The second-order valence-electron chi connectivity index (χ2n) is 3.82. The smallest absolute Gasteiger partial charge is 0.0272 e. The predicted octanol–water partition coefficient (Wildman–Crippen LogP) is 1.90. The summed E-state index contributed by atoms with van der Waals surface area (Å²) in [5.41, 5.74) is 0. The first kappa shape index (κ1) is 6.66. The first-order valence-corrected chi connectivity index (χ1v) is 4.42. The molecule has 0 spiro atoms. The molecule has 10 heavy (non-hydrogen) atoms. The van der Waals surface area contributed by atoms with Crippen LogP contribution >= 0.6 is 0 Å². The summed E-state index contributed by atoms with van der Waals surface area (Å²) in [6.07, 6.45) is 5.85. The third kappa shape index (κ3) is 1.07. The maximum Gasteiger partial charge on any atom is -0.0272 e. The molecule has 1 heteroatoms. The third-order valence-electron chi connectivity index (χ3n) is 3.13. The van der Waals surface area contributed by atoms with Crippen molar-refractivity contribution in [3.05, 3.63) is 7.05 Å².